The Morgan fingerprint density at radius 1 is 0.935 bits per heavy atom. The molecule has 1 aromatic heterocycles. The molecule has 3 saturated carbocycles. The summed E-state index contributed by atoms with van der Waals surface area (Å²) in [5.74, 6) is 2.30. The molecule has 8 atom stereocenters. The summed E-state index contributed by atoms with van der Waals surface area (Å²) in [7, 11) is 1.65. The van der Waals surface area contributed by atoms with Crippen LogP contribution in [0.1, 0.15) is 69.2 Å². The summed E-state index contributed by atoms with van der Waals surface area (Å²) in [5.41, 5.74) is -0.373. The highest BCUT2D eigenvalue weighted by Gasteiger charge is 2.74. The first-order valence-corrected chi connectivity index (χ1v) is 17.5. The number of anilines is 1. The number of ketones is 1. The fourth-order valence-electron chi connectivity index (χ4n) is 11.5. The largest absolute Gasteiger partial charge is 0.497 e. The number of Topliss-reactive ketones (excluding diaryl/α,β-unsaturated/α-hetero) is 1. The molecule has 6 aliphatic carbocycles. The standard InChI is InChI=1S/C39H49N3O4/c1-35-14-11-28(43)24-37(35)17-18-39(30(25-37)34(44)27-7-9-29(46-3)10-8-27)31(35)12-15-36(2)32(39)13-16-38(36,45)26-41-20-22-42(23-21-41)33-6-4-5-19-40-33/h4-10,17-19,25,28,31-32,43,45H,11-16,20-24,26H2,1-3H3/t28?,31-,32-,35-,36+,37+,38-,39-/m1/s1. The summed E-state index contributed by atoms with van der Waals surface area (Å²) in [6, 6.07) is 13.6. The van der Waals surface area contributed by atoms with E-state index in [1.54, 1.807) is 7.11 Å². The van der Waals surface area contributed by atoms with Crippen LogP contribution >= 0.6 is 0 Å². The van der Waals surface area contributed by atoms with Gasteiger partial charge in [0.05, 0.1) is 18.8 Å². The van der Waals surface area contributed by atoms with Crippen molar-refractivity contribution in [3.63, 3.8) is 0 Å². The lowest BCUT2D eigenvalue weighted by Gasteiger charge is -2.71. The molecular formula is C39H49N3O4. The highest BCUT2D eigenvalue weighted by molar-refractivity contribution is 6.10. The van der Waals surface area contributed by atoms with E-state index in [1.165, 1.54) is 0 Å². The quantitative estimate of drug-likeness (QED) is 0.316. The monoisotopic (exact) mass is 623 g/mol. The number of aromatic nitrogens is 1. The van der Waals surface area contributed by atoms with Crippen LogP contribution in [0.5, 0.6) is 5.75 Å². The van der Waals surface area contributed by atoms with E-state index in [4.69, 9.17) is 4.74 Å². The Labute approximate surface area is 273 Å². The van der Waals surface area contributed by atoms with E-state index in [9.17, 15) is 15.0 Å². The van der Waals surface area contributed by atoms with Gasteiger partial charge in [-0.05, 0) is 98.6 Å². The first-order chi connectivity index (χ1) is 22.1. The summed E-state index contributed by atoms with van der Waals surface area (Å²) >= 11 is 0. The third kappa shape index (κ3) is 4.07. The zero-order valence-corrected chi connectivity index (χ0v) is 27.6. The van der Waals surface area contributed by atoms with Gasteiger partial charge in [0.15, 0.2) is 5.78 Å². The van der Waals surface area contributed by atoms with Crippen molar-refractivity contribution < 1.29 is 19.7 Å². The molecule has 46 heavy (non-hydrogen) atoms. The molecule has 7 heteroatoms. The molecule has 1 unspecified atom stereocenters. The van der Waals surface area contributed by atoms with E-state index in [0.29, 0.717) is 24.4 Å². The highest BCUT2D eigenvalue weighted by atomic mass is 16.5. The number of hydrogen-bond acceptors (Lipinski definition) is 7. The number of aliphatic hydroxyl groups excluding tert-OH is 1. The van der Waals surface area contributed by atoms with E-state index >= 15 is 0 Å². The number of aliphatic hydroxyl groups is 2. The average Bonchev–Trinajstić information content (AvgIpc) is 3.35. The lowest BCUT2D eigenvalue weighted by Crippen LogP contribution is -2.67. The smallest absolute Gasteiger partial charge is 0.189 e. The third-order valence-electron chi connectivity index (χ3n) is 14.1. The average molecular weight is 624 g/mol. The zero-order chi connectivity index (χ0) is 32.0. The Morgan fingerprint density at radius 3 is 2.37 bits per heavy atom. The predicted octanol–water partition coefficient (Wildman–Crippen LogP) is 5.69. The minimum absolute atomic E-state index is 0.0332. The molecule has 1 aliphatic heterocycles. The van der Waals surface area contributed by atoms with Gasteiger partial charge in [-0.1, -0.05) is 38.1 Å². The second-order valence-corrected chi connectivity index (χ2v) is 15.8. The second kappa shape index (κ2) is 10.5. The Bertz CT molecular complexity index is 1570. The van der Waals surface area contributed by atoms with E-state index in [2.05, 4.69) is 52.9 Å². The molecule has 0 amide bonds. The van der Waals surface area contributed by atoms with Crippen molar-refractivity contribution in [1.82, 2.24) is 9.88 Å². The molecule has 2 N–H and O–H groups in total. The van der Waals surface area contributed by atoms with Gasteiger partial charge in [0.1, 0.15) is 11.6 Å². The van der Waals surface area contributed by atoms with Gasteiger partial charge in [0.25, 0.3) is 0 Å². The first kappa shape index (κ1) is 30.3. The number of ether oxygens (including phenoxy) is 1. The van der Waals surface area contributed by atoms with Crippen molar-refractivity contribution in [3.05, 3.63) is 78.0 Å². The topological polar surface area (TPSA) is 86.1 Å². The Morgan fingerprint density at radius 2 is 1.65 bits per heavy atom. The van der Waals surface area contributed by atoms with Crippen LogP contribution in [0.25, 0.3) is 0 Å². The normalized spacial score (nSPS) is 41.4. The number of hydrogen-bond donors (Lipinski definition) is 2. The summed E-state index contributed by atoms with van der Waals surface area (Å²) in [4.78, 5) is 24.1. The Kier molecular flexibility index (Phi) is 6.93. The molecule has 1 saturated heterocycles. The van der Waals surface area contributed by atoms with Crippen molar-refractivity contribution in [1.29, 1.82) is 0 Å². The van der Waals surface area contributed by atoms with Gasteiger partial charge in [-0.3, -0.25) is 9.69 Å². The number of pyridine rings is 1. The molecule has 2 bridgehead atoms. The van der Waals surface area contributed by atoms with Crippen molar-refractivity contribution in [2.24, 2.45) is 33.5 Å². The predicted molar refractivity (Wildman–Crippen MR) is 179 cm³/mol. The van der Waals surface area contributed by atoms with Crippen LogP contribution in [0.3, 0.4) is 0 Å². The van der Waals surface area contributed by atoms with Crippen molar-refractivity contribution in [2.45, 2.75) is 70.5 Å². The number of carbonyl (C=O) groups excluding carboxylic acids is 1. The van der Waals surface area contributed by atoms with Crippen molar-refractivity contribution in [3.8, 4) is 5.75 Å². The fourth-order valence-corrected chi connectivity index (χ4v) is 11.5. The number of β-amino-alcohol motifs (C(OH)–C–C–N with tert-alkyl or cyclic N) is 1. The molecule has 2 heterocycles. The lowest BCUT2D eigenvalue weighted by molar-refractivity contribution is -0.176. The number of fused-ring (bicyclic) bond motifs is 1. The maximum atomic E-state index is 14.7. The van der Waals surface area contributed by atoms with E-state index in [0.717, 1.165) is 81.8 Å². The number of carbonyl (C=O) groups is 1. The number of nitrogens with zero attached hydrogens (tertiary/aromatic N) is 3. The maximum Gasteiger partial charge on any atom is 0.189 e. The van der Waals surface area contributed by atoms with Crippen LogP contribution in [0.15, 0.2) is 72.5 Å². The summed E-state index contributed by atoms with van der Waals surface area (Å²) in [6.45, 7) is 9.05. The van der Waals surface area contributed by atoms with Gasteiger partial charge in [-0.2, -0.15) is 0 Å². The molecule has 1 aromatic carbocycles. The van der Waals surface area contributed by atoms with E-state index in [1.807, 2.05) is 42.6 Å². The summed E-state index contributed by atoms with van der Waals surface area (Å²) in [5, 5.41) is 23.7. The minimum Gasteiger partial charge on any atom is -0.497 e. The Hall–Kier alpha value is -3.00. The zero-order valence-electron chi connectivity index (χ0n) is 27.6. The van der Waals surface area contributed by atoms with Crippen LogP contribution < -0.4 is 9.64 Å². The Balaban J connectivity index is 1.14. The van der Waals surface area contributed by atoms with Crippen LogP contribution in [0, 0.1) is 33.5 Å². The van der Waals surface area contributed by atoms with E-state index < -0.39 is 11.0 Å². The van der Waals surface area contributed by atoms with Crippen molar-refractivity contribution in [2.75, 3.05) is 44.7 Å². The molecule has 7 aliphatic rings. The number of piperazine rings is 1. The third-order valence-corrected chi connectivity index (χ3v) is 14.1. The fraction of sp³-hybridized carbons (Fsp3) is 0.590. The molecule has 7 nitrogen and oxygen atoms in total. The van der Waals surface area contributed by atoms with Crippen LogP contribution in [-0.2, 0) is 0 Å². The SMILES string of the molecule is COc1ccc(C(=O)C2=C[C@@]34C=C[C@@]25[C@@H]2CC[C@@](O)(CN6CCN(c7ccccn7)CC6)[C@@]2(C)CC[C@@H]5[C@@]3(C)CCC(O)C4)cc1. The van der Waals surface area contributed by atoms with Gasteiger partial charge in [-0.25, -0.2) is 4.98 Å². The number of rotatable bonds is 6. The molecular weight excluding hydrogens is 574 g/mol. The van der Waals surface area contributed by atoms with Crippen LogP contribution in [0.4, 0.5) is 5.82 Å². The maximum absolute atomic E-state index is 14.7. The van der Waals surface area contributed by atoms with Gasteiger partial charge < -0.3 is 19.8 Å². The second-order valence-electron chi connectivity index (χ2n) is 15.8. The summed E-state index contributed by atoms with van der Waals surface area (Å²) < 4.78 is 5.40. The molecule has 2 spiro atoms. The molecule has 2 aromatic rings. The van der Waals surface area contributed by atoms with Crippen LogP contribution in [-0.4, -0.2) is 77.4 Å². The molecule has 244 valence electrons. The lowest BCUT2D eigenvalue weighted by atomic mass is 9.32. The highest BCUT2D eigenvalue weighted by Crippen LogP contribution is 2.78. The first-order valence-electron chi connectivity index (χ1n) is 17.5. The summed E-state index contributed by atoms with van der Waals surface area (Å²) in [6.07, 6.45) is 14.6. The van der Waals surface area contributed by atoms with Crippen LogP contribution in [0.2, 0.25) is 0 Å². The van der Waals surface area contributed by atoms with Gasteiger partial charge >= 0.3 is 0 Å². The number of benzene rings is 1. The van der Waals surface area contributed by atoms with Gasteiger partial charge in [-0.15, -0.1) is 0 Å². The van der Waals surface area contributed by atoms with Gasteiger partial charge in [0.2, 0.25) is 0 Å². The molecule has 0 radical (unpaired) electrons. The minimum atomic E-state index is -0.831. The number of allylic oxidation sites excluding steroid dienone is 4. The van der Waals surface area contributed by atoms with E-state index in [-0.39, 0.29) is 34.1 Å². The molecule has 9 rings (SSSR count). The molecule has 4 fully saturated rings. The van der Waals surface area contributed by atoms with Gasteiger partial charge in [0, 0.05) is 66.3 Å². The van der Waals surface area contributed by atoms with Crippen molar-refractivity contribution >= 4 is 11.6 Å². The number of methoxy groups -OCH3 is 1.